The zero-order chi connectivity index (χ0) is 46.2. The van der Waals surface area contributed by atoms with Crippen molar-refractivity contribution in [3.8, 4) is 0 Å². The number of aliphatic hydroxyl groups excluding tert-OH is 3. The van der Waals surface area contributed by atoms with Gasteiger partial charge in [-0.3, -0.25) is 18.9 Å². The molecule has 0 bridgehead atoms. The second-order valence-electron chi connectivity index (χ2n) is 19.8. The first-order valence-corrected chi connectivity index (χ1v) is 25.4. The van der Waals surface area contributed by atoms with Crippen LogP contribution in [0.4, 0.5) is 0 Å². The van der Waals surface area contributed by atoms with Crippen molar-refractivity contribution < 1.29 is 57.5 Å². The predicted octanol–water partition coefficient (Wildman–Crippen LogP) is 9.17. The van der Waals surface area contributed by atoms with E-state index < -0.39 is 50.4 Å². The van der Waals surface area contributed by atoms with Crippen molar-refractivity contribution in [2.45, 2.75) is 130 Å². The molecule has 12 nitrogen and oxygen atoms in total. The van der Waals surface area contributed by atoms with Gasteiger partial charge in [0, 0.05) is 12.8 Å². The van der Waals surface area contributed by atoms with Gasteiger partial charge in [-0.1, -0.05) is 112 Å². The molecular formula is C52H69O12P. The van der Waals surface area contributed by atoms with Gasteiger partial charge >= 0.3 is 25.5 Å². The number of carbonyl (C=O) groups excluding carboxylic acids is 3. The smallest absolute Gasteiger partial charge is 0.332 e. The lowest BCUT2D eigenvalue weighted by molar-refractivity contribution is -0.207. The number of hydrogen-bond acceptors (Lipinski definition) is 12. The van der Waals surface area contributed by atoms with Gasteiger partial charge in [0.25, 0.3) is 0 Å². The zero-order valence-corrected chi connectivity index (χ0v) is 39.1. The van der Waals surface area contributed by atoms with Crippen LogP contribution in [0.3, 0.4) is 0 Å². The summed E-state index contributed by atoms with van der Waals surface area (Å²) in [6, 6.07) is 27.6. The van der Waals surface area contributed by atoms with Gasteiger partial charge in [-0.25, -0.2) is 0 Å². The summed E-state index contributed by atoms with van der Waals surface area (Å²) in [6.07, 6.45) is 4.27. The van der Waals surface area contributed by atoms with E-state index in [-0.39, 0.29) is 97.7 Å². The van der Waals surface area contributed by atoms with Crippen LogP contribution in [0.5, 0.6) is 0 Å². The van der Waals surface area contributed by atoms with E-state index in [1.165, 1.54) is 0 Å². The number of hydrogen-bond donors (Lipinski definition) is 3. The molecule has 13 heteroatoms. The fourth-order valence-corrected chi connectivity index (χ4v) is 14.2. The van der Waals surface area contributed by atoms with Crippen molar-refractivity contribution in [2.75, 3.05) is 13.0 Å². The highest BCUT2D eigenvalue weighted by atomic mass is 31.2. The molecule has 3 aromatic rings. The first-order chi connectivity index (χ1) is 31.2. The predicted molar refractivity (Wildman–Crippen MR) is 243 cm³/mol. The maximum atomic E-state index is 14.4. The largest absolute Gasteiger partial charge is 0.461 e. The van der Waals surface area contributed by atoms with Crippen LogP contribution in [0.1, 0.15) is 108 Å². The molecule has 7 rings (SSSR count). The van der Waals surface area contributed by atoms with Crippen molar-refractivity contribution in [3.05, 3.63) is 108 Å². The second-order valence-corrected chi connectivity index (χ2v) is 21.9. The van der Waals surface area contributed by atoms with Crippen LogP contribution >= 0.6 is 7.60 Å². The molecule has 0 heterocycles. The molecule has 354 valence electrons. The first kappa shape index (κ1) is 49.0. The van der Waals surface area contributed by atoms with Crippen LogP contribution in [0, 0.1) is 52.3 Å². The second kappa shape index (κ2) is 21.8. The molecule has 65 heavy (non-hydrogen) atoms. The molecule has 3 aromatic carbocycles. The van der Waals surface area contributed by atoms with Gasteiger partial charge in [-0.05, 0) is 121 Å². The highest BCUT2D eigenvalue weighted by Gasteiger charge is 2.65. The minimum Gasteiger partial charge on any atom is -0.461 e. The van der Waals surface area contributed by atoms with E-state index in [0.29, 0.717) is 19.3 Å². The molecule has 4 saturated carbocycles. The third-order valence-corrected chi connectivity index (χ3v) is 17.9. The third-order valence-electron chi connectivity index (χ3n) is 16.0. The third kappa shape index (κ3) is 11.8. The Balaban J connectivity index is 0.910. The number of carbonyl (C=O) groups is 3. The zero-order valence-electron chi connectivity index (χ0n) is 38.2. The molecule has 12 atom stereocenters. The molecule has 0 spiro atoms. The normalized spacial score (nSPS) is 30.5. The summed E-state index contributed by atoms with van der Waals surface area (Å²) in [5, 5.41) is 34.0. The minimum atomic E-state index is -3.96. The van der Waals surface area contributed by atoms with Crippen molar-refractivity contribution in [2.24, 2.45) is 52.3 Å². The molecule has 0 aliphatic heterocycles. The maximum absolute atomic E-state index is 14.4. The summed E-state index contributed by atoms with van der Waals surface area (Å²) >= 11 is 0. The fraction of sp³-hybridized carbons (Fsp3) is 0.596. The SMILES string of the molecule is C[C@H](CCC(=O)OCOC(=O)CCC(CP(=O)(OCc1ccccc1)OCc1ccccc1)C(=O)OCc1ccccc1)C1CCC2C3C(C[C@H](O)[C@@]21C)[C@@]1(C)CC[C@@H](O)C[C@H]1C[C@H]3O. The number of esters is 3. The lowest BCUT2D eigenvalue weighted by Crippen LogP contribution is -2.62. The molecule has 3 N–H and O–H groups in total. The lowest BCUT2D eigenvalue weighted by atomic mass is 9.43. The Hall–Kier alpha value is -3.90. The fourth-order valence-electron chi connectivity index (χ4n) is 12.3. The van der Waals surface area contributed by atoms with Crippen LogP contribution in [0.2, 0.25) is 0 Å². The topological polar surface area (TPSA) is 175 Å². The summed E-state index contributed by atoms with van der Waals surface area (Å²) in [5.74, 6) is -1.92. The average Bonchev–Trinajstić information content (AvgIpc) is 3.67. The van der Waals surface area contributed by atoms with Gasteiger partial charge in [-0.15, -0.1) is 0 Å². The van der Waals surface area contributed by atoms with Gasteiger partial charge < -0.3 is 38.6 Å². The lowest BCUT2D eigenvalue weighted by Gasteiger charge is -2.63. The first-order valence-electron chi connectivity index (χ1n) is 23.7. The van der Waals surface area contributed by atoms with Crippen molar-refractivity contribution in [3.63, 3.8) is 0 Å². The molecule has 0 radical (unpaired) electrons. The van der Waals surface area contributed by atoms with Gasteiger partial charge in [0.2, 0.25) is 6.79 Å². The van der Waals surface area contributed by atoms with Crippen LogP contribution < -0.4 is 0 Å². The maximum Gasteiger partial charge on any atom is 0.332 e. The average molecular weight is 917 g/mol. The van der Waals surface area contributed by atoms with Crippen molar-refractivity contribution >= 4 is 25.5 Å². The summed E-state index contributed by atoms with van der Waals surface area (Å²) in [4.78, 5) is 39.7. The number of ether oxygens (including phenoxy) is 3. The Morgan fingerprint density at radius 2 is 1.25 bits per heavy atom. The monoisotopic (exact) mass is 916 g/mol. The van der Waals surface area contributed by atoms with Crippen molar-refractivity contribution in [1.82, 2.24) is 0 Å². The molecule has 0 saturated heterocycles. The number of rotatable bonds is 20. The van der Waals surface area contributed by atoms with Crippen LogP contribution in [-0.2, 0) is 62.0 Å². The highest BCUT2D eigenvalue weighted by Crippen LogP contribution is 2.68. The summed E-state index contributed by atoms with van der Waals surface area (Å²) in [6.45, 7) is 5.99. The number of aliphatic hydroxyl groups is 3. The van der Waals surface area contributed by atoms with E-state index in [2.05, 4.69) is 20.8 Å². The van der Waals surface area contributed by atoms with E-state index in [9.17, 15) is 34.3 Å². The summed E-state index contributed by atoms with van der Waals surface area (Å²) in [5.41, 5.74) is 1.91. The highest BCUT2D eigenvalue weighted by molar-refractivity contribution is 7.53. The molecule has 0 aromatic heterocycles. The van der Waals surface area contributed by atoms with E-state index in [0.717, 1.165) is 48.8 Å². The van der Waals surface area contributed by atoms with E-state index in [1.54, 1.807) is 0 Å². The Labute approximate surface area is 384 Å². The molecule has 5 unspecified atom stereocenters. The van der Waals surface area contributed by atoms with E-state index in [4.69, 9.17) is 23.3 Å². The van der Waals surface area contributed by atoms with Gasteiger partial charge in [0.1, 0.15) is 6.61 Å². The van der Waals surface area contributed by atoms with Crippen LogP contribution in [0.25, 0.3) is 0 Å². The van der Waals surface area contributed by atoms with E-state index in [1.807, 2.05) is 91.0 Å². The molecule has 4 aliphatic rings. The van der Waals surface area contributed by atoms with Gasteiger partial charge in [0.05, 0.1) is 43.6 Å². The van der Waals surface area contributed by atoms with Crippen molar-refractivity contribution in [1.29, 1.82) is 0 Å². The summed E-state index contributed by atoms with van der Waals surface area (Å²) in [7, 11) is -3.96. The molecular weight excluding hydrogens is 848 g/mol. The molecule has 4 fully saturated rings. The molecule has 4 aliphatic carbocycles. The van der Waals surface area contributed by atoms with Crippen LogP contribution in [-0.4, -0.2) is 64.5 Å². The Bertz CT molecular complexity index is 2020. The minimum absolute atomic E-state index is 0.00232. The standard InChI is InChI=1S/C52H69O12P/c1-35(42-21-22-43-49-44(29-46(55)52(42,43)3)51(2)26-25-41(53)27-40(51)28-45(49)54)19-23-47(56)61-34-62-48(57)24-20-39(50(58)60-30-36-13-7-4-8-14-36)33-65(59,63-31-37-15-9-5-10-16-37)64-32-38-17-11-6-12-18-38/h4-18,35,39-46,49,53-55H,19-34H2,1-3H3/t35-,39?,40+,41-,42?,43?,44?,45-,46+,49?,51+,52-/m1/s1. The Morgan fingerprint density at radius 1 is 0.692 bits per heavy atom. The quantitative estimate of drug-likeness (QED) is 0.0558. The summed E-state index contributed by atoms with van der Waals surface area (Å²) < 4.78 is 42.6. The number of benzene rings is 3. The van der Waals surface area contributed by atoms with Gasteiger partial charge in [0.15, 0.2) is 0 Å². The van der Waals surface area contributed by atoms with E-state index >= 15 is 0 Å². The van der Waals surface area contributed by atoms with Crippen LogP contribution in [0.15, 0.2) is 91.0 Å². The Morgan fingerprint density at radius 3 is 1.83 bits per heavy atom. The Kier molecular flexibility index (Phi) is 16.4. The van der Waals surface area contributed by atoms with Gasteiger partial charge in [-0.2, -0.15) is 0 Å². The number of fused-ring (bicyclic) bond motifs is 5. The molecule has 0 amide bonds.